The van der Waals surface area contributed by atoms with Crippen LogP contribution in [0.15, 0.2) is 76.1 Å². The third-order valence-electron chi connectivity index (χ3n) is 5.42. The summed E-state index contributed by atoms with van der Waals surface area (Å²) in [6.45, 7) is 2.19. The zero-order chi connectivity index (χ0) is 27.9. The minimum absolute atomic E-state index is 0.00182. The normalized spacial score (nSPS) is 14.0. The fourth-order valence-electron chi connectivity index (χ4n) is 3.53. The number of nitrogens with zero attached hydrogens (tertiary/aromatic N) is 2. The number of non-ortho nitro benzene ring substituents is 1. The van der Waals surface area contributed by atoms with E-state index in [0.717, 1.165) is 22.2 Å². The lowest BCUT2D eigenvalue weighted by Crippen LogP contribution is -2.36. The molecule has 0 radical (unpaired) electrons. The fourth-order valence-corrected chi connectivity index (χ4v) is 4.88. The smallest absolute Gasteiger partial charge is 0.294 e. The van der Waals surface area contributed by atoms with Gasteiger partial charge in [0.2, 0.25) is 5.91 Å². The van der Waals surface area contributed by atoms with Gasteiger partial charge in [-0.1, -0.05) is 6.07 Å². The highest BCUT2D eigenvalue weighted by Gasteiger charge is 2.36. The molecule has 0 saturated carbocycles. The van der Waals surface area contributed by atoms with Crippen LogP contribution in [0, 0.1) is 10.1 Å². The number of hydrogen-bond acceptors (Lipinski definition) is 8. The van der Waals surface area contributed by atoms with Gasteiger partial charge in [-0.3, -0.25) is 29.4 Å². The molecule has 12 heteroatoms. The van der Waals surface area contributed by atoms with Crippen molar-refractivity contribution in [2.24, 2.45) is 0 Å². The zero-order valence-electron chi connectivity index (χ0n) is 20.6. The highest BCUT2D eigenvalue weighted by molar-refractivity contribution is 9.10. The lowest BCUT2D eigenvalue weighted by atomic mass is 10.2. The SMILES string of the molecule is CCOc1ccc(NC(=O)CN2C(=O)S/C(=C/c3ccc(OCc4ccc([N+](=O)[O-])cc4)c(Br)c3)C2=O)cc1. The van der Waals surface area contributed by atoms with E-state index in [1.54, 1.807) is 60.7 Å². The van der Waals surface area contributed by atoms with Crippen LogP contribution in [0.5, 0.6) is 11.5 Å². The van der Waals surface area contributed by atoms with Crippen LogP contribution >= 0.6 is 27.7 Å². The Bertz CT molecular complexity index is 1440. The van der Waals surface area contributed by atoms with Gasteiger partial charge in [0.15, 0.2) is 0 Å². The summed E-state index contributed by atoms with van der Waals surface area (Å²) < 4.78 is 11.8. The number of imide groups is 1. The lowest BCUT2D eigenvalue weighted by Gasteiger charge is -2.13. The van der Waals surface area contributed by atoms with Crippen molar-refractivity contribution in [1.29, 1.82) is 0 Å². The standard InChI is InChI=1S/C27H22BrN3O7S/c1-2-37-21-10-6-19(7-11-21)29-25(32)15-30-26(33)24(39-27(30)34)14-18-5-12-23(22(28)13-18)38-16-17-3-8-20(9-4-17)31(35)36/h3-14H,2,15-16H2,1H3,(H,29,32)/b24-14+. The topological polar surface area (TPSA) is 128 Å². The maximum Gasteiger partial charge on any atom is 0.294 e. The first-order valence-electron chi connectivity index (χ1n) is 11.7. The summed E-state index contributed by atoms with van der Waals surface area (Å²) in [4.78, 5) is 49.2. The molecule has 3 aromatic rings. The molecule has 1 aliphatic rings. The summed E-state index contributed by atoms with van der Waals surface area (Å²) in [6, 6.07) is 18.0. The number of nitro groups is 1. The van der Waals surface area contributed by atoms with Crippen molar-refractivity contribution in [3.05, 3.63) is 97.3 Å². The Kier molecular flexibility index (Phi) is 8.99. The van der Waals surface area contributed by atoms with Crippen LogP contribution in [0.2, 0.25) is 0 Å². The summed E-state index contributed by atoms with van der Waals surface area (Å²) in [5.74, 6) is 0.147. The Morgan fingerprint density at radius 1 is 1.08 bits per heavy atom. The minimum atomic E-state index is -0.554. The predicted octanol–water partition coefficient (Wildman–Crippen LogP) is 6.01. The van der Waals surface area contributed by atoms with Crippen molar-refractivity contribution in [1.82, 2.24) is 4.90 Å². The van der Waals surface area contributed by atoms with Crippen molar-refractivity contribution in [2.75, 3.05) is 18.5 Å². The van der Waals surface area contributed by atoms with Gasteiger partial charge in [-0.05, 0) is 100 Å². The molecule has 39 heavy (non-hydrogen) atoms. The Morgan fingerprint density at radius 3 is 2.44 bits per heavy atom. The largest absolute Gasteiger partial charge is 0.494 e. The molecule has 0 atom stereocenters. The zero-order valence-corrected chi connectivity index (χ0v) is 23.0. The van der Waals surface area contributed by atoms with E-state index in [1.165, 1.54) is 12.1 Å². The molecule has 3 aromatic carbocycles. The molecule has 200 valence electrons. The first kappa shape index (κ1) is 27.9. The van der Waals surface area contributed by atoms with E-state index in [4.69, 9.17) is 9.47 Å². The number of rotatable bonds is 10. The monoisotopic (exact) mass is 611 g/mol. The Morgan fingerprint density at radius 2 is 1.79 bits per heavy atom. The second-order valence-corrected chi connectivity index (χ2v) is 10.0. The van der Waals surface area contributed by atoms with Gasteiger partial charge in [0, 0.05) is 17.8 Å². The predicted molar refractivity (Wildman–Crippen MR) is 150 cm³/mol. The number of carbonyl (C=O) groups is 3. The molecular weight excluding hydrogens is 590 g/mol. The van der Waals surface area contributed by atoms with Crippen molar-refractivity contribution in [3.8, 4) is 11.5 Å². The molecule has 0 spiro atoms. The highest BCUT2D eigenvalue weighted by atomic mass is 79.9. The van der Waals surface area contributed by atoms with Crippen LogP contribution in [0.1, 0.15) is 18.1 Å². The molecule has 1 fully saturated rings. The van der Waals surface area contributed by atoms with Gasteiger partial charge in [0.25, 0.3) is 16.8 Å². The second-order valence-electron chi connectivity index (χ2n) is 8.18. The Balaban J connectivity index is 1.35. The number of thioether (sulfide) groups is 1. The van der Waals surface area contributed by atoms with Gasteiger partial charge in [-0.25, -0.2) is 0 Å². The number of carbonyl (C=O) groups excluding carboxylic acids is 3. The van der Waals surface area contributed by atoms with Crippen molar-refractivity contribution >= 4 is 62.2 Å². The molecule has 1 aliphatic heterocycles. The first-order valence-corrected chi connectivity index (χ1v) is 13.3. The van der Waals surface area contributed by atoms with Crippen LogP contribution in [0.4, 0.5) is 16.2 Å². The third kappa shape index (κ3) is 7.24. The van der Waals surface area contributed by atoms with E-state index in [-0.39, 0.29) is 17.2 Å². The second kappa shape index (κ2) is 12.6. The van der Waals surface area contributed by atoms with Gasteiger partial charge in [-0.15, -0.1) is 0 Å². The maximum atomic E-state index is 12.8. The fraction of sp³-hybridized carbons (Fsp3) is 0.148. The van der Waals surface area contributed by atoms with Gasteiger partial charge in [0.05, 0.1) is 20.9 Å². The third-order valence-corrected chi connectivity index (χ3v) is 6.95. The molecule has 4 rings (SSSR count). The molecule has 0 aromatic heterocycles. The van der Waals surface area contributed by atoms with E-state index < -0.39 is 28.5 Å². The number of nitro benzene ring substituents is 1. The lowest BCUT2D eigenvalue weighted by molar-refractivity contribution is -0.384. The first-order chi connectivity index (χ1) is 18.7. The van der Waals surface area contributed by atoms with E-state index in [2.05, 4.69) is 21.2 Å². The van der Waals surface area contributed by atoms with Gasteiger partial charge in [-0.2, -0.15) is 0 Å². The quantitative estimate of drug-likeness (QED) is 0.168. The molecule has 3 amide bonds. The molecule has 0 aliphatic carbocycles. The summed E-state index contributed by atoms with van der Waals surface area (Å²) in [5.41, 5.74) is 1.93. The summed E-state index contributed by atoms with van der Waals surface area (Å²) in [7, 11) is 0. The van der Waals surface area contributed by atoms with Gasteiger partial charge >= 0.3 is 0 Å². The molecule has 10 nitrogen and oxygen atoms in total. The van der Waals surface area contributed by atoms with Crippen molar-refractivity contribution in [3.63, 3.8) is 0 Å². The van der Waals surface area contributed by atoms with Crippen molar-refractivity contribution < 1.29 is 28.8 Å². The number of halogens is 1. The van der Waals surface area contributed by atoms with Crippen LogP contribution in [0.3, 0.4) is 0 Å². The Labute approximate surface area is 236 Å². The summed E-state index contributed by atoms with van der Waals surface area (Å²) in [6.07, 6.45) is 1.57. The van der Waals surface area contributed by atoms with E-state index >= 15 is 0 Å². The number of nitrogens with one attached hydrogen (secondary N) is 1. The van der Waals surface area contributed by atoms with Crippen LogP contribution in [0.25, 0.3) is 6.08 Å². The van der Waals surface area contributed by atoms with Gasteiger partial charge < -0.3 is 14.8 Å². The number of benzene rings is 3. The van der Waals surface area contributed by atoms with E-state index in [0.29, 0.717) is 33.8 Å². The average Bonchev–Trinajstić information content (AvgIpc) is 3.17. The van der Waals surface area contributed by atoms with E-state index in [9.17, 15) is 24.5 Å². The van der Waals surface area contributed by atoms with Crippen LogP contribution in [-0.2, 0) is 16.2 Å². The van der Waals surface area contributed by atoms with E-state index in [1.807, 2.05) is 6.92 Å². The number of anilines is 1. The molecule has 0 bridgehead atoms. The van der Waals surface area contributed by atoms with Crippen molar-refractivity contribution in [2.45, 2.75) is 13.5 Å². The van der Waals surface area contributed by atoms with Crippen LogP contribution < -0.4 is 14.8 Å². The molecule has 1 heterocycles. The number of ether oxygens (including phenoxy) is 2. The van der Waals surface area contributed by atoms with Crippen LogP contribution in [-0.4, -0.2) is 40.0 Å². The number of amides is 3. The molecular formula is C27H22BrN3O7S. The highest BCUT2D eigenvalue weighted by Crippen LogP contribution is 2.34. The Hall–Kier alpha value is -4.16. The van der Waals surface area contributed by atoms with Gasteiger partial charge in [0.1, 0.15) is 24.7 Å². The average molecular weight is 612 g/mol. The minimum Gasteiger partial charge on any atom is -0.494 e. The summed E-state index contributed by atoms with van der Waals surface area (Å²) in [5, 5.41) is 12.9. The molecule has 1 N–H and O–H groups in total. The molecule has 1 saturated heterocycles. The summed E-state index contributed by atoms with van der Waals surface area (Å²) >= 11 is 4.20. The maximum absolute atomic E-state index is 12.8. The number of hydrogen-bond donors (Lipinski definition) is 1. The molecule has 0 unspecified atom stereocenters.